The van der Waals surface area contributed by atoms with Crippen LogP contribution in [0.1, 0.15) is 6.42 Å². The summed E-state index contributed by atoms with van der Waals surface area (Å²) in [5.41, 5.74) is -2.57. The first-order chi connectivity index (χ1) is 15.2. The van der Waals surface area contributed by atoms with Gasteiger partial charge in [0.05, 0.1) is 11.1 Å². The maximum absolute atomic E-state index is 14.9. The average Bonchev–Trinajstić information content (AvgIpc) is 3.08. The van der Waals surface area contributed by atoms with Crippen molar-refractivity contribution in [2.75, 3.05) is 43.4 Å². The topological polar surface area (TPSA) is 65.5 Å². The third kappa shape index (κ3) is 4.99. The van der Waals surface area contributed by atoms with E-state index in [1.54, 1.807) is 4.72 Å². The number of aromatic nitrogens is 1. The number of pyridine rings is 1. The van der Waals surface area contributed by atoms with Crippen LogP contribution in [-0.4, -0.2) is 58.2 Å². The van der Waals surface area contributed by atoms with E-state index in [9.17, 15) is 34.8 Å². The van der Waals surface area contributed by atoms with E-state index in [2.05, 4.69) is 4.98 Å². The molecule has 1 atom stereocenters. The SMILES string of the molecule is CN(C)CC1(C(F)(F)F)CCN(c2cc(F)c(S(=O)(=O)Nc3cccc(F)n3)c(F)c2Cl)C1. The first kappa shape index (κ1) is 25.4. The average molecular weight is 517 g/mol. The molecule has 14 heteroatoms. The molecular weight excluding hydrogens is 498 g/mol. The van der Waals surface area contributed by atoms with Crippen LogP contribution in [0.3, 0.4) is 0 Å². The third-order valence-electron chi connectivity index (χ3n) is 5.23. The molecule has 1 aromatic carbocycles. The van der Waals surface area contributed by atoms with Gasteiger partial charge in [0.1, 0.15) is 16.7 Å². The zero-order chi connectivity index (χ0) is 24.8. The molecule has 1 fully saturated rings. The Kier molecular flexibility index (Phi) is 6.80. The van der Waals surface area contributed by atoms with Gasteiger partial charge in [-0.3, -0.25) is 4.72 Å². The lowest BCUT2D eigenvalue weighted by Gasteiger charge is -2.34. The lowest BCUT2D eigenvalue weighted by molar-refractivity contribution is -0.220. The summed E-state index contributed by atoms with van der Waals surface area (Å²) in [6.45, 7) is -1.18. The van der Waals surface area contributed by atoms with Crippen LogP contribution in [-0.2, 0) is 10.0 Å². The molecule has 0 aliphatic carbocycles. The summed E-state index contributed by atoms with van der Waals surface area (Å²) >= 11 is 5.95. The Morgan fingerprint density at radius 3 is 2.48 bits per heavy atom. The van der Waals surface area contributed by atoms with Gasteiger partial charge in [0.15, 0.2) is 10.7 Å². The lowest BCUT2D eigenvalue weighted by Crippen LogP contribution is -2.47. The van der Waals surface area contributed by atoms with Gasteiger partial charge in [-0.2, -0.15) is 17.6 Å². The molecule has 0 spiro atoms. The standard InChI is InChI=1S/C19H19ClF6N4O2S/c1-29(2)9-18(19(24,25)26)6-7-30(10-18)12-8-11(21)17(16(23)15(12)20)33(31,32)28-14-5-3-4-13(22)27-14/h3-5,8H,6-7,9-10H2,1-2H3,(H,27,28). The van der Waals surface area contributed by atoms with Crippen molar-refractivity contribution in [3.05, 3.63) is 46.9 Å². The Morgan fingerprint density at radius 2 is 1.91 bits per heavy atom. The monoisotopic (exact) mass is 516 g/mol. The van der Waals surface area contributed by atoms with Gasteiger partial charge >= 0.3 is 6.18 Å². The molecule has 1 aliphatic heterocycles. The summed E-state index contributed by atoms with van der Waals surface area (Å²) in [4.78, 5) is 4.23. The molecule has 182 valence electrons. The van der Waals surface area contributed by atoms with Gasteiger partial charge in [-0.1, -0.05) is 17.7 Å². The highest BCUT2D eigenvalue weighted by molar-refractivity contribution is 7.92. The summed E-state index contributed by atoms with van der Waals surface area (Å²) in [5, 5.41) is -0.855. The Hall–Kier alpha value is -2.25. The number of rotatable bonds is 6. The van der Waals surface area contributed by atoms with Crippen LogP contribution in [0.4, 0.5) is 37.8 Å². The van der Waals surface area contributed by atoms with Crippen LogP contribution < -0.4 is 9.62 Å². The molecule has 0 amide bonds. The maximum atomic E-state index is 14.9. The number of hydrogen-bond acceptors (Lipinski definition) is 5. The number of nitrogens with one attached hydrogen (secondary N) is 1. The van der Waals surface area contributed by atoms with Crippen LogP contribution in [0.2, 0.25) is 5.02 Å². The van der Waals surface area contributed by atoms with Gasteiger partial charge in [-0.25, -0.2) is 22.2 Å². The molecule has 3 rings (SSSR count). The Morgan fingerprint density at radius 1 is 1.24 bits per heavy atom. The van der Waals surface area contributed by atoms with Gasteiger partial charge in [0, 0.05) is 25.7 Å². The smallest absolute Gasteiger partial charge is 0.369 e. The summed E-state index contributed by atoms with van der Waals surface area (Å²) in [5.74, 6) is -4.84. The molecule has 2 heterocycles. The summed E-state index contributed by atoms with van der Waals surface area (Å²) in [6.07, 6.45) is -4.94. The fraction of sp³-hybridized carbons (Fsp3) is 0.421. The fourth-order valence-corrected chi connectivity index (χ4v) is 5.30. The molecule has 0 saturated carbocycles. The number of halogens is 7. The van der Waals surface area contributed by atoms with Crippen molar-refractivity contribution < 1.29 is 34.8 Å². The Bertz CT molecular complexity index is 1160. The maximum Gasteiger partial charge on any atom is 0.397 e. The first-order valence-corrected chi connectivity index (χ1v) is 11.3. The second kappa shape index (κ2) is 8.84. The minimum Gasteiger partial charge on any atom is -0.369 e. The van der Waals surface area contributed by atoms with Crippen molar-refractivity contribution in [1.29, 1.82) is 0 Å². The number of benzene rings is 1. The molecule has 6 nitrogen and oxygen atoms in total. The molecule has 1 aromatic heterocycles. The minimum absolute atomic E-state index is 0.205. The van der Waals surface area contributed by atoms with E-state index in [4.69, 9.17) is 11.6 Å². The van der Waals surface area contributed by atoms with Crippen LogP contribution in [0, 0.1) is 23.0 Å². The molecule has 1 unspecified atom stereocenters. The zero-order valence-electron chi connectivity index (χ0n) is 17.3. The first-order valence-electron chi connectivity index (χ1n) is 9.46. The summed E-state index contributed by atoms with van der Waals surface area (Å²) in [6, 6.07) is 3.67. The molecule has 33 heavy (non-hydrogen) atoms. The molecule has 1 N–H and O–H groups in total. The van der Waals surface area contributed by atoms with Gasteiger partial charge in [-0.05, 0) is 32.6 Å². The van der Waals surface area contributed by atoms with Crippen LogP contribution in [0.15, 0.2) is 29.2 Å². The quantitative estimate of drug-likeness (QED) is 0.353. The van der Waals surface area contributed by atoms with E-state index < -0.39 is 67.2 Å². The van der Waals surface area contributed by atoms with Crippen molar-refractivity contribution >= 4 is 33.1 Å². The highest BCUT2D eigenvalue weighted by atomic mass is 35.5. The van der Waals surface area contributed by atoms with Crippen molar-refractivity contribution in [3.63, 3.8) is 0 Å². The zero-order valence-corrected chi connectivity index (χ0v) is 18.9. The Labute approximate surface area is 191 Å². The lowest BCUT2D eigenvalue weighted by atomic mass is 9.86. The largest absolute Gasteiger partial charge is 0.397 e. The highest BCUT2D eigenvalue weighted by Crippen LogP contribution is 2.48. The van der Waals surface area contributed by atoms with Crippen LogP contribution in [0.25, 0.3) is 0 Å². The van der Waals surface area contributed by atoms with Crippen LogP contribution >= 0.6 is 11.6 Å². The molecule has 1 saturated heterocycles. The van der Waals surface area contributed by atoms with Crippen molar-refractivity contribution in [3.8, 4) is 0 Å². The van der Waals surface area contributed by atoms with Gasteiger partial charge in [-0.15, -0.1) is 0 Å². The van der Waals surface area contributed by atoms with Gasteiger partial charge < -0.3 is 9.80 Å². The number of alkyl halides is 3. The number of nitrogens with zero attached hydrogens (tertiary/aromatic N) is 3. The second-order valence-electron chi connectivity index (χ2n) is 7.97. The molecule has 0 radical (unpaired) electrons. The van der Waals surface area contributed by atoms with E-state index in [0.717, 1.165) is 23.1 Å². The predicted octanol–water partition coefficient (Wildman–Crippen LogP) is 4.27. The van der Waals surface area contributed by atoms with Crippen molar-refractivity contribution in [1.82, 2.24) is 9.88 Å². The normalized spacial score (nSPS) is 19.4. The number of sulfonamides is 1. The minimum atomic E-state index is -4.93. The summed E-state index contributed by atoms with van der Waals surface area (Å²) < 4.78 is 111. The summed E-state index contributed by atoms with van der Waals surface area (Å²) in [7, 11) is -1.99. The van der Waals surface area contributed by atoms with Gasteiger partial charge in [0.2, 0.25) is 5.95 Å². The molecule has 0 bridgehead atoms. The van der Waals surface area contributed by atoms with Gasteiger partial charge in [0.25, 0.3) is 10.0 Å². The van der Waals surface area contributed by atoms with E-state index in [0.29, 0.717) is 6.07 Å². The molecular formula is C19H19ClF6N4O2S. The molecule has 1 aliphatic rings. The van der Waals surface area contributed by atoms with E-state index in [1.807, 2.05) is 0 Å². The highest BCUT2D eigenvalue weighted by Gasteiger charge is 2.58. The fourth-order valence-electron chi connectivity index (χ4n) is 3.83. The van der Waals surface area contributed by atoms with Crippen molar-refractivity contribution in [2.45, 2.75) is 17.5 Å². The third-order valence-corrected chi connectivity index (χ3v) is 6.98. The number of anilines is 2. The predicted molar refractivity (Wildman–Crippen MR) is 110 cm³/mol. The second-order valence-corrected chi connectivity index (χ2v) is 9.97. The van der Waals surface area contributed by atoms with Crippen LogP contribution in [0.5, 0.6) is 0 Å². The van der Waals surface area contributed by atoms with E-state index in [-0.39, 0.29) is 19.5 Å². The van der Waals surface area contributed by atoms with Crippen molar-refractivity contribution in [2.24, 2.45) is 5.41 Å². The Balaban J connectivity index is 1.98. The molecule has 2 aromatic rings. The number of hydrogen-bond donors (Lipinski definition) is 1. The van der Waals surface area contributed by atoms with E-state index in [1.165, 1.54) is 19.0 Å². The van der Waals surface area contributed by atoms with E-state index >= 15 is 0 Å².